The van der Waals surface area contributed by atoms with E-state index >= 15 is 0 Å². The van der Waals surface area contributed by atoms with Gasteiger partial charge in [0.25, 0.3) is 0 Å². The molecule has 34 heavy (non-hydrogen) atoms. The third-order valence-corrected chi connectivity index (χ3v) is 6.30. The first-order chi connectivity index (χ1) is 16.3. The Hall–Kier alpha value is -3.75. The van der Waals surface area contributed by atoms with Gasteiger partial charge in [-0.05, 0) is 24.6 Å². The summed E-state index contributed by atoms with van der Waals surface area (Å²) in [6.07, 6.45) is 0.491. The summed E-state index contributed by atoms with van der Waals surface area (Å²) in [6.45, 7) is 1.78. The molecule has 0 aliphatic rings. The SMILES string of the molecule is CC(NC(=O)CCc1nc(-c2ccccc2)c(-c2ccccc2)o1)c1cccc(S(N)(=O)=O)c1. The number of amides is 1. The van der Waals surface area contributed by atoms with E-state index in [9.17, 15) is 13.2 Å². The number of nitrogens with one attached hydrogen (secondary N) is 1. The van der Waals surface area contributed by atoms with Crippen molar-refractivity contribution >= 4 is 15.9 Å². The number of hydrogen-bond donors (Lipinski definition) is 2. The van der Waals surface area contributed by atoms with Crippen LogP contribution in [0.25, 0.3) is 22.6 Å². The zero-order valence-electron chi connectivity index (χ0n) is 18.6. The number of hydrogen-bond acceptors (Lipinski definition) is 5. The van der Waals surface area contributed by atoms with E-state index in [-0.39, 0.29) is 17.2 Å². The van der Waals surface area contributed by atoms with E-state index in [1.165, 1.54) is 12.1 Å². The first-order valence-corrected chi connectivity index (χ1v) is 12.4. The molecule has 0 saturated heterocycles. The van der Waals surface area contributed by atoms with Gasteiger partial charge in [0, 0.05) is 24.0 Å². The van der Waals surface area contributed by atoms with Crippen molar-refractivity contribution in [2.75, 3.05) is 0 Å². The molecule has 3 aromatic carbocycles. The van der Waals surface area contributed by atoms with Crippen LogP contribution in [0.4, 0.5) is 0 Å². The molecule has 1 unspecified atom stereocenters. The van der Waals surface area contributed by atoms with Crippen molar-refractivity contribution in [1.29, 1.82) is 0 Å². The minimum atomic E-state index is -3.81. The number of sulfonamides is 1. The minimum absolute atomic E-state index is 0.00719. The molecule has 0 fully saturated rings. The predicted octanol–water partition coefficient (Wildman–Crippen LogP) is 4.47. The van der Waals surface area contributed by atoms with Gasteiger partial charge in [0.1, 0.15) is 5.69 Å². The van der Waals surface area contributed by atoms with Crippen molar-refractivity contribution in [3.8, 4) is 22.6 Å². The molecule has 174 valence electrons. The molecule has 0 aliphatic carbocycles. The average molecular weight is 476 g/mol. The molecule has 4 aromatic rings. The largest absolute Gasteiger partial charge is 0.440 e. The van der Waals surface area contributed by atoms with E-state index < -0.39 is 16.1 Å². The van der Waals surface area contributed by atoms with E-state index in [1.54, 1.807) is 19.1 Å². The number of oxazole rings is 1. The summed E-state index contributed by atoms with van der Waals surface area (Å²) in [5.74, 6) is 0.932. The summed E-state index contributed by atoms with van der Waals surface area (Å²) in [5.41, 5.74) is 3.22. The Bertz CT molecular complexity index is 1330. The molecule has 1 aromatic heterocycles. The van der Waals surface area contributed by atoms with Gasteiger partial charge < -0.3 is 9.73 Å². The second-order valence-electron chi connectivity index (χ2n) is 7.92. The first-order valence-electron chi connectivity index (χ1n) is 10.8. The Labute approximate surface area is 198 Å². The van der Waals surface area contributed by atoms with E-state index in [1.807, 2.05) is 60.7 Å². The molecule has 0 spiro atoms. The standard InChI is InChI=1S/C26H25N3O4S/c1-18(21-13-8-14-22(17-21)34(27,31)32)28-23(30)15-16-24-29-25(19-9-4-2-5-10-19)26(33-24)20-11-6-3-7-12-20/h2-14,17-18H,15-16H2,1H3,(H,28,30)(H2,27,31,32). The van der Waals surface area contributed by atoms with Crippen LogP contribution in [0.2, 0.25) is 0 Å². The van der Waals surface area contributed by atoms with Crippen LogP contribution in [-0.2, 0) is 21.2 Å². The topological polar surface area (TPSA) is 115 Å². The lowest BCUT2D eigenvalue weighted by atomic mass is 10.1. The molecule has 0 saturated carbocycles. The number of aromatic nitrogens is 1. The predicted molar refractivity (Wildman–Crippen MR) is 130 cm³/mol. The molecule has 1 heterocycles. The summed E-state index contributed by atoms with van der Waals surface area (Å²) in [4.78, 5) is 17.3. The van der Waals surface area contributed by atoms with Crippen LogP contribution in [0, 0.1) is 0 Å². The highest BCUT2D eigenvalue weighted by Gasteiger charge is 2.18. The van der Waals surface area contributed by atoms with Crippen LogP contribution in [0.15, 0.2) is 94.2 Å². The molecular weight excluding hydrogens is 450 g/mol. The van der Waals surface area contributed by atoms with Gasteiger partial charge in [0.2, 0.25) is 15.9 Å². The van der Waals surface area contributed by atoms with Crippen molar-refractivity contribution in [2.24, 2.45) is 5.14 Å². The lowest BCUT2D eigenvalue weighted by molar-refractivity contribution is -0.121. The summed E-state index contributed by atoms with van der Waals surface area (Å²) in [7, 11) is -3.81. The maximum atomic E-state index is 12.6. The number of carbonyl (C=O) groups is 1. The number of benzene rings is 3. The lowest BCUT2D eigenvalue weighted by Gasteiger charge is -2.15. The van der Waals surface area contributed by atoms with Gasteiger partial charge in [-0.15, -0.1) is 0 Å². The van der Waals surface area contributed by atoms with Crippen LogP contribution >= 0.6 is 0 Å². The second kappa shape index (κ2) is 10.0. The molecule has 4 rings (SSSR count). The fraction of sp³-hybridized carbons (Fsp3) is 0.154. The van der Waals surface area contributed by atoms with Crippen LogP contribution in [-0.4, -0.2) is 19.3 Å². The van der Waals surface area contributed by atoms with Gasteiger partial charge in [-0.1, -0.05) is 72.8 Å². The number of primary sulfonamides is 1. The second-order valence-corrected chi connectivity index (χ2v) is 9.49. The fourth-order valence-electron chi connectivity index (χ4n) is 3.63. The Balaban J connectivity index is 1.47. The van der Waals surface area contributed by atoms with E-state index in [0.29, 0.717) is 23.6 Å². The van der Waals surface area contributed by atoms with Crippen LogP contribution in [0.5, 0.6) is 0 Å². The summed E-state index contributed by atoms with van der Waals surface area (Å²) in [6, 6.07) is 25.3. The van der Waals surface area contributed by atoms with E-state index in [0.717, 1.165) is 16.8 Å². The fourth-order valence-corrected chi connectivity index (χ4v) is 4.20. The summed E-state index contributed by atoms with van der Waals surface area (Å²) >= 11 is 0. The van der Waals surface area contributed by atoms with Crippen LogP contribution in [0.1, 0.15) is 30.8 Å². The molecule has 1 atom stereocenters. The van der Waals surface area contributed by atoms with Gasteiger partial charge in [0.05, 0.1) is 10.9 Å². The average Bonchev–Trinajstić information content (AvgIpc) is 3.28. The molecular formula is C26H25N3O4S. The van der Waals surface area contributed by atoms with E-state index in [4.69, 9.17) is 9.56 Å². The Morgan fingerprint density at radius 3 is 2.26 bits per heavy atom. The highest BCUT2D eigenvalue weighted by atomic mass is 32.2. The molecule has 7 nitrogen and oxygen atoms in total. The van der Waals surface area contributed by atoms with Crippen molar-refractivity contribution in [3.63, 3.8) is 0 Å². The zero-order valence-corrected chi connectivity index (χ0v) is 19.5. The number of nitrogens with two attached hydrogens (primary N) is 1. The highest BCUT2D eigenvalue weighted by molar-refractivity contribution is 7.89. The van der Waals surface area contributed by atoms with Crippen LogP contribution < -0.4 is 10.5 Å². The van der Waals surface area contributed by atoms with Gasteiger partial charge in [-0.25, -0.2) is 18.5 Å². The third kappa shape index (κ3) is 5.59. The number of rotatable bonds is 8. The van der Waals surface area contributed by atoms with Gasteiger partial charge >= 0.3 is 0 Å². The summed E-state index contributed by atoms with van der Waals surface area (Å²) < 4.78 is 29.3. The molecule has 3 N–H and O–H groups in total. The quantitative estimate of drug-likeness (QED) is 0.390. The van der Waals surface area contributed by atoms with Crippen molar-refractivity contribution in [2.45, 2.75) is 30.7 Å². The number of nitrogens with zero attached hydrogens (tertiary/aromatic N) is 1. The number of carbonyl (C=O) groups excluding carboxylic acids is 1. The van der Waals surface area contributed by atoms with E-state index in [2.05, 4.69) is 10.3 Å². The molecule has 8 heteroatoms. The summed E-state index contributed by atoms with van der Waals surface area (Å²) in [5, 5.41) is 8.09. The Kier molecular flexibility index (Phi) is 6.90. The van der Waals surface area contributed by atoms with Crippen molar-refractivity contribution in [1.82, 2.24) is 10.3 Å². The van der Waals surface area contributed by atoms with Gasteiger partial charge in [0.15, 0.2) is 11.7 Å². The monoisotopic (exact) mass is 475 g/mol. The molecule has 1 amide bonds. The maximum absolute atomic E-state index is 12.6. The number of aryl methyl sites for hydroxylation is 1. The van der Waals surface area contributed by atoms with Crippen molar-refractivity contribution in [3.05, 3.63) is 96.4 Å². The smallest absolute Gasteiger partial charge is 0.238 e. The third-order valence-electron chi connectivity index (χ3n) is 5.38. The molecule has 0 aliphatic heterocycles. The van der Waals surface area contributed by atoms with Crippen molar-refractivity contribution < 1.29 is 17.6 Å². The minimum Gasteiger partial charge on any atom is -0.440 e. The Morgan fingerprint density at radius 2 is 1.62 bits per heavy atom. The molecule has 0 radical (unpaired) electrons. The normalized spacial score (nSPS) is 12.3. The molecule has 0 bridgehead atoms. The van der Waals surface area contributed by atoms with Crippen LogP contribution in [0.3, 0.4) is 0 Å². The zero-order chi connectivity index (χ0) is 24.1. The highest BCUT2D eigenvalue weighted by Crippen LogP contribution is 2.32. The first kappa shape index (κ1) is 23.4. The van der Waals surface area contributed by atoms with Gasteiger partial charge in [-0.3, -0.25) is 4.79 Å². The van der Waals surface area contributed by atoms with Gasteiger partial charge in [-0.2, -0.15) is 0 Å². The Morgan fingerprint density at radius 1 is 0.971 bits per heavy atom. The lowest BCUT2D eigenvalue weighted by Crippen LogP contribution is -2.27. The maximum Gasteiger partial charge on any atom is 0.238 e.